The molecule has 0 radical (unpaired) electrons. The molecule has 82 valence electrons. The summed E-state index contributed by atoms with van der Waals surface area (Å²) >= 11 is 5.78. The molecule has 0 fully saturated rings. The van der Waals surface area contributed by atoms with Crippen molar-refractivity contribution in [3.05, 3.63) is 45.3 Å². The predicted octanol–water partition coefficient (Wildman–Crippen LogP) is 2.18. The third-order valence-corrected chi connectivity index (χ3v) is 2.39. The third-order valence-electron chi connectivity index (χ3n) is 2.13. The van der Waals surface area contributed by atoms with E-state index in [-0.39, 0.29) is 5.56 Å². The topological polar surface area (TPSA) is 56.5 Å². The van der Waals surface area contributed by atoms with E-state index in [4.69, 9.17) is 16.0 Å². The van der Waals surface area contributed by atoms with Gasteiger partial charge >= 0.3 is 11.6 Å². The van der Waals surface area contributed by atoms with Crippen LogP contribution in [0.5, 0.6) is 0 Å². The van der Waals surface area contributed by atoms with E-state index in [0.717, 1.165) is 0 Å². The first-order valence-electron chi connectivity index (χ1n) is 4.44. The second-order valence-electron chi connectivity index (χ2n) is 3.09. The Hall–Kier alpha value is -1.81. The van der Waals surface area contributed by atoms with Gasteiger partial charge in [0.25, 0.3) is 0 Å². The monoisotopic (exact) mass is 238 g/mol. The molecule has 4 nitrogen and oxygen atoms in total. The highest BCUT2D eigenvalue weighted by Crippen LogP contribution is 2.25. The van der Waals surface area contributed by atoms with Gasteiger partial charge in [-0.1, -0.05) is 11.6 Å². The Morgan fingerprint density at radius 3 is 2.69 bits per heavy atom. The molecule has 0 saturated carbocycles. The second-order valence-corrected chi connectivity index (χ2v) is 3.52. The van der Waals surface area contributed by atoms with Crippen LogP contribution >= 0.6 is 11.6 Å². The molecule has 0 spiro atoms. The second kappa shape index (κ2) is 3.98. The molecule has 1 aliphatic heterocycles. The summed E-state index contributed by atoms with van der Waals surface area (Å²) in [5.41, 5.74) is -0.419. The number of methoxy groups -OCH3 is 1. The van der Waals surface area contributed by atoms with Crippen molar-refractivity contribution in [2.45, 2.75) is 0 Å². The number of furan rings is 1. The van der Waals surface area contributed by atoms with Gasteiger partial charge in [-0.15, -0.1) is 0 Å². The zero-order valence-corrected chi connectivity index (χ0v) is 9.08. The number of carbonyl (C=O) groups excluding carboxylic acids is 1. The van der Waals surface area contributed by atoms with E-state index in [2.05, 4.69) is 4.74 Å². The van der Waals surface area contributed by atoms with Gasteiger partial charge in [0.15, 0.2) is 5.56 Å². The van der Waals surface area contributed by atoms with Gasteiger partial charge in [-0.3, -0.25) is 0 Å². The molecule has 0 saturated heterocycles. The van der Waals surface area contributed by atoms with E-state index in [1.807, 2.05) is 0 Å². The van der Waals surface area contributed by atoms with Crippen molar-refractivity contribution in [3.8, 4) is 11.3 Å². The number of halogens is 1. The fourth-order valence-corrected chi connectivity index (χ4v) is 1.52. The zero-order valence-electron chi connectivity index (χ0n) is 8.32. The van der Waals surface area contributed by atoms with Crippen molar-refractivity contribution in [2.24, 2.45) is 0 Å². The van der Waals surface area contributed by atoms with Gasteiger partial charge in [0, 0.05) is 10.6 Å². The van der Waals surface area contributed by atoms with Crippen LogP contribution in [0.4, 0.5) is 0 Å². The van der Waals surface area contributed by atoms with Crippen molar-refractivity contribution in [3.63, 3.8) is 0 Å². The molecule has 0 amide bonds. The molecule has 0 aromatic carbocycles. The minimum atomic E-state index is -0.717. The number of esters is 1. The maximum absolute atomic E-state index is 11.4. The van der Waals surface area contributed by atoms with Gasteiger partial charge in [0.1, 0.15) is 5.76 Å². The summed E-state index contributed by atoms with van der Waals surface area (Å²) in [5, 5.41) is 0.481. The number of ether oxygens (including phenoxy) is 1. The maximum atomic E-state index is 11.4. The SMILES string of the molecule is COC(=O)c1c2ccc(Cl)ccc-2oc1=O. The van der Waals surface area contributed by atoms with Gasteiger partial charge < -0.3 is 9.15 Å². The van der Waals surface area contributed by atoms with Crippen LogP contribution in [0.1, 0.15) is 10.4 Å². The van der Waals surface area contributed by atoms with Crippen LogP contribution in [0.15, 0.2) is 33.5 Å². The lowest BCUT2D eigenvalue weighted by Crippen LogP contribution is -2.11. The lowest BCUT2D eigenvalue weighted by Gasteiger charge is -1.94. The first-order valence-corrected chi connectivity index (χ1v) is 4.82. The molecule has 5 heteroatoms. The molecular formula is C11H7ClO4. The van der Waals surface area contributed by atoms with Gasteiger partial charge in [-0.25, -0.2) is 9.59 Å². The molecule has 1 heterocycles. The van der Waals surface area contributed by atoms with E-state index in [0.29, 0.717) is 16.3 Å². The van der Waals surface area contributed by atoms with Crippen molar-refractivity contribution >= 4 is 17.6 Å². The largest absolute Gasteiger partial charge is 0.465 e. The first-order chi connectivity index (χ1) is 7.63. The summed E-state index contributed by atoms with van der Waals surface area (Å²) in [6.45, 7) is 0. The van der Waals surface area contributed by atoms with Crippen LogP contribution in [-0.4, -0.2) is 13.1 Å². The summed E-state index contributed by atoms with van der Waals surface area (Å²) in [4.78, 5) is 22.8. The van der Waals surface area contributed by atoms with Crippen molar-refractivity contribution in [2.75, 3.05) is 7.11 Å². The van der Waals surface area contributed by atoms with Gasteiger partial charge in [0.05, 0.1) is 7.11 Å². The van der Waals surface area contributed by atoms with E-state index in [1.165, 1.54) is 13.2 Å². The average molecular weight is 239 g/mol. The number of rotatable bonds is 1. The van der Waals surface area contributed by atoms with E-state index in [1.54, 1.807) is 18.2 Å². The smallest absolute Gasteiger partial charge is 0.351 e. The molecular weight excluding hydrogens is 232 g/mol. The van der Waals surface area contributed by atoms with Crippen LogP contribution in [0.25, 0.3) is 11.3 Å². The highest BCUT2D eigenvalue weighted by Gasteiger charge is 2.23. The van der Waals surface area contributed by atoms with Gasteiger partial charge in [-0.05, 0) is 24.3 Å². The first kappa shape index (κ1) is 10.7. The molecule has 0 bridgehead atoms. The van der Waals surface area contributed by atoms with Gasteiger partial charge in [-0.2, -0.15) is 0 Å². The van der Waals surface area contributed by atoms with E-state index in [9.17, 15) is 9.59 Å². The highest BCUT2D eigenvalue weighted by molar-refractivity contribution is 6.30. The summed E-state index contributed by atoms with van der Waals surface area (Å²) in [6.07, 6.45) is 0. The number of carbonyl (C=O) groups is 1. The van der Waals surface area contributed by atoms with E-state index < -0.39 is 11.6 Å². The molecule has 16 heavy (non-hydrogen) atoms. The molecule has 1 aliphatic carbocycles. The summed E-state index contributed by atoms with van der Waals surface area (Å²) in [7, 11) is 1.20. The fraction of sp³-hybridized carbons (Fsp3) is 0.0909. The zero-order chi connectivity index (χ0) is 11.7. The van der Waals surface area contributed by atoms with Crippen LogP contribution in [0, 0.1) is 0 Å². The van der Waals surface area contributed by atoms with Crippen LogP contribution in [0.3, 0.4) is 0 Å². The number of hydrogen-bond acceptors (Lipinski definition) is 4. The van der Waals surface area contributed by atoms with Crippen molar-refractivity contribution < 1.29 is 13.9 Å². The lowest BCUT2D eigenvalue weighted by atomic mass is 10.1. The molecule has 2 aliphatic rings. The Morgan fingerprint density at radius 1 is 1.31 bits per heavy atom. The Labute approximate surface area is 95.7 Å². The summed E-state index contributed by atoms with van der Waals surface area (Å²) in [5.74, 6) is -0.414. The minimum absolute atomic E-state index is 0.107. The highest BCUT2D eigenvalue weighted by atomic mass is 35.5. The summed E-state index contributed by atoms with van der Waals surface area (Å²) in [6, 6.07) is 6.24. The van der Waals surface area contributed by atoms with Crippen LogP contribution in [0.2, 0.25) is 5.02 Å². The number of fused-ring (bicyclic) bond motifs is 1. The Balaban J connectivity index is 2.75. The Kier molecular flexibility index (Phi) is 2.66. The molecule has 0 aromatic rings. The third kappa shape index (κ3) is 1.67. The fourth-order valence-electron chi connectivity index (χ4n) is 1.40. The standard InChI is InChI=1S/C11H7ClO4/c1-15-10(13)9-7-4-2-6(12)3-5-8(7)16-11(9)14/h2-5H,1H3. The minimum Gasteiger partial charge on any atom is -0.465 e. The average Bonchev–Trinajstić information content (AvgIpc) is 2.48. The predicted molar refractivity (Wildman–Crippen MR) is 57.9 cm³/mol. The van der Waals surface area contributed by atoms with Crippen molar-refractivity contribution in [1.29, 1.82) is 0 Å². The van der Waals surface area contributed by atoms with Crippen LogP contribution < -0.4 is 5.63 Å². The maximum Gasteiger partial charge on any atom is 0.351 e. The Bertz CT molecular complexity index is 573. The van der Waals surface area contributed by atoms with Crippen molar-refractivity contribution in [1.82, 2.24) is 0 Å². The molecule has 0 N–H and O–H groups in total. The molecule has 2 rings (SSSR count). The number of hydrogen-bond donors (Lipinski definition) is 0. The normalized spacial score (nSPS) is 10.4. The van der Waals surface area contributed by atoms with Gasteiger partial charge in [0.2, 0.25) is 0 Å². The lowest BCUT2D eigenvalue weighted by molar-refractivity contribution is 0.0599. The van der Waals surface area contributed by atoms with E-state index >= 15 is 0 Å². The summed E-state index contributed by atoms with van der Waals surface area (Å²) < 4.78 is 9.43. The molecule has 0 atom stereocenters. The Morgan fingerprint density at radius 2 is 2.00 bits per heavy atom. The van der Waals surface area contributed by atoms with Crippen LogP contribution in [-0.2, 0) is 4.74 Å². The molecule has 0 aromatic heterocycles. The molecule has 0 unspecified atom stereocenters. The quantitative estimate of drug-likeness (QED) is 0.715.